The van der Waals surface area contributed by atoms with Gasteiger partial charge in [0.25, 0.3) is 5.91 Å². The summed E-state index contributed by atoms with van der Waals surface area (Å²) in [6.45, 7) is 6.50. The van der Waals surface area contributed by atoms with Crippen LogP contribution in [0.4, 0.5) is 5.82 Å². The first-order chi connectivity index (χ1) is 15.4. The number of rotatable bonds is 7. The van der Waals surface area contributed by atoms with Crippen LogP contribution in [0.2, 0.25) is 5.02 Å². The van der Waals surface area contributed by atoms with Gasteiger partial charge in [0.1, 0.15) is 18.1 Å². The average molecular weight is 451 g/mol. The third-order valence-corrected chi connectivity index (χ3v) is 5.29. The number of nitrogens with one attached hydrogen (secondary N) is 1. The summed E-state index contributed by atoms with van der Waals surface area (Å²) in [5.41, 5.74) is 4.01. The Morgan fingerprint density at radius 1 is 1.12 bits per heavy atom. The summed E-state index contributed by atoms with van der Waals surface area (Å²) in [7, 11) is 0. The molecule has 0 aliphatic carbocycles. The second-order valence-electron chi connectivity index (χ2n) is 7.60. The van der Waals surface area contributed by atoms with Crippen LogP contribution in [0.25, 0.3) is 0 Å². The fraction of sp³-hybridized carbons (Fsp3) is 0.208. The predicted molar refractivity (Wildman–Crippen MR) is 122 cm³/mol. The number of carbonyl (C=O) groups excluding carboxylic acids is 1. The molecule has 0 saturated carbocycles. The topological polar surface area (TPSA) is 82.2 Å². The Balaban J connectivity index is 1.43. The number of hydrogen-bond donors (Lipinski definition) is 1. The molecule has 2 heterocycles. The number of amides is 1. The zero-order valence-electron chi connectivity index (χ0n) is 18.1. The molecule has 4 rings (SSSR count). The van der Waals surface area contributed by atoms with Crippen molar-refractivity contribution in [2.45, 2.75) is 33.9 Å². The number of halogens is 1. The predicted octanol–water partition coefficient (Wildman–Crippen LogP) is 5.33. The van der Waals surface area contributed by atoms with Gasteiger partial charge in [-0.25, -0.2) is 0 Å². The minimum absolute atomic E-state index is 0.174. The van der Waals surface area contributed by atoms with Gasteiger partial charge in [0.2, 0.25) is 0 Å². The molecule has 164 valence electrons. The van der Waals surface area contributed by atoms with E-state index in [4.69, 9.17) is 20.9 Å². The number of aryl methyl sites for hydroxylation is 3. The molecule has 32 heavy (non-hydrogen) atoms. The van der Waals surface area contributed by atoms with Gasteiger partial charge in [-0.3, -0.25) is 9.48 Å². The van der Waals surface area contributed by atoms with E-state index in [1.807, 2.05) is 56.3 Å². The lowest BCUT2D eigenvalue weighted by atomic mass is 10.1. The van der Waals surface area contributed by atoms with Gasteiger partial charge in [-0.05, 0) is 50.1 Å². The molecule has 0 unspecified atom stereocenters. The van der Waals surface area contributed by atoms with Crippen LogP contribution in [-0.4, -0.2) is 20.8 Å². The van der Waals surface area contributed by atoms with E-state index in [2.05, 4.69) is 15.6 Å². The first-order valence-electron chi connectivity index (χ1n) is 10.1. The van der Waals surface area contributed by atoms with Crippen LogP contribution < -0.4 is 10.1 Å². The van der Waals surface area contributed by atoms with Gasteiger partial charge in [0.05, 0.1) is 12.1 Å². The molecular formula is C24H23ClN4O3. The zero-order valence-corrected chi connectivity index (χ0v) is 18.8. The number of ether oxygens (including phenoxy) is 1. The monoisotopic (exact) mass is 450 g/mol. The fourth-order valence-electron chi connectivity index (χ4n) is 3.32. The molecule has 0 atom stereocenters. The van der Waals surface area contributed by atoms with E-state index in [-0.39, 0.29) is 12.3 Å². The molecule has 7 nitrogen and oxygen atoms in total. The van der Waals surface area contributed by atoms with Crippen molar-refractivity contribution < 1.29 is 14.1 Å². The summed E-state index contributed by atoms with van der Waals surface area (Å²) < 4.78 is 12.9. The molecule has 2 aromatic carbocycles. The van der Waals surface area contributed by atoms with Crippen LogP contribution >= 0.6 is 11.6 Å². The Hall–Kier alpha value is -3.58. The van der Waals surface area contributed by atoms with Gasteiger partial charge in [0, 0.05) is 17.3 Å². The number of hydrogen-bond acceptors (Lipinski definition) is 5. The van der Waals surface area contributed by atoms with Crippen molar-refractivity contribution in [3.63, 3.8) is 0 Å². The first-order valence-corrected chi connectivity index (χ1v) is 10.5. The lowest BCUT2D eigenvalue weighted by Gasteiger charge is -2.10. The number of aromatic nitrogens is 3. The minimum Gasteiger partial charge on any atom is -0.488 e. The van der Waals surface area contributed by atoms with Gasteiger partial charge >= 0.3 is 0 Å². The molecule has 0 aliphatic heterocycles. The molecule has 0 bridgehead atoms. The van der Waals surface area contributed by atoms with Crippen molar-refractivity contribution in [2.75, 3.05) is 5.32 Å². The molecular weight excluding hydrogens is 428 g/mol. The SMILES string of the molecule is Cc1ccc(OCc2c(C(=O)Nc3ccn(Cc4ccc(Cl)cc4)n3)noc2C)c(C)c1. The third-order valence-electron chi connectivity index (χ3n) is 5.04. The van der Waals surface area contributed by atoms with Crippen LogP contribution in [0.15, 0.2) is 59.3 Å². The quantitative estimate of drug-likeness (QED) is 0.411. The maximum Gasteiger partial charge on any atom is 0.279 e. The molecule has 0 aliphatic rings. The maximum absolute atomic E-state index is 12.8. The number of carbonyl (C=O) groups is 1. The van der Waals surface area contributed by atoms with E-state index in [1.165, 1.54) is 0 Å². The molecule has 1 N–H and O–H groups in total. The molecule has 8 heteroatoms. The standard InChI is InChI=1S/C24H23ClN4O3/c1-15-4-9-21(16(2)12-15)31-14-20-17(3)32-28-23(20)24(30)26-22-10-11-29(27-22)13-18-5-7-19(25)8-6-18/h4-12H,13-14H2,1-3H3,(H,26,27,30). The highest BCUT2D eigenvalue weighted by atomic mass is 35.5. The van der Waals surface area contributed by atoms with Crippen LogP contribution in [0.3, 0.4) is 0 Å². The Labute approximate surface area is 190 Å². The summed E-state index contributed by atoms with van der Waals surface area (Å²) in [5, 5.41) is 11.8. The van der Waals surface area contributed by atoms with E-state index in [0.29, 0.717) is 28.7 Å². The van der Waals surface area contributed by atoms with E-state index in [9.17, 15) is 4.79 Å². The van der Waals surface area contributed by atoms with Gasteiger partial charge in [-0.2, -0.15) is 5.10 Å². The highest BCUT2D eigenvalue weighted by molar-refractivity contribution is 6.30. The van der Waals surface area contributed by atoms with Crippen LogP contribution in [-0.2, 0) is 13.2 Å². The third kappa shape index (κ3) is 5.00. The minimum atomic E-state index is -0.405. The average Bonchev–Trinajstić information content (AvgIpc) is 3.35. The van der Waals surface area contributed by atoms with E-state index in [0.717, 1.165) is 22.4 Å². The van der Waals surface area contributed by atoms with E-state index < -0.39 is 5.91 Å². The summed E-state index contributed by atoms with van der Waals surface area (Å²) >= 11 is 5.93. The van der Waals surface area contributed by atoms with Crippen LogP contribution in [0.1, 0.15) is 38.5 Å². The molecule has 0 saturated heterocycles. The highest BCUT2D eigenvalue weighted by Gasteiger charge is 2.21. The molecule has 0 spiro atoms. The van der Waals surface area contributed by atoms with Crippen LogP contribution in [0.5, 0.6) is 5.75 Å². The van der Waals surface area contributed by atoms with Crippen molar-refractivity contribution in [1.82, 2.24) is 14.9 Å². The van der Waals surface area contributed by atoms with Gasteiger partial charge < -0.3 is 14.6 Å². The Kier molecular flexibility index (Phi) is 6.28. The van der Waals surface area contributed by atoms with Crippen molar-refractivity contribution in [1.29, 1.82) is 0 Å². The van der Waals surface area contributed by atoms with Crippen LogP contribution in [0, 0.1) is 20.8 Å². The normalized spacial score (nSPS) is 10.9. The highest BCUT2D eigenvalue weighted by Crippen LogP contribution is 2.23. The molecule has 1 amide bonds. The number of anilines is 1. The molecule has 2 aromatic heterocycles. The summed E-state index contributed by atoms with van der Waals surface area (Å²) in [6.07, 6.45) is 1.79. The summed E-state index contributed by atoms with van der Waals surface area (Å²) in [5.74, 6) is 1.31. The largest absolute Gasteiger partial charge is 0.488 e. The van der Waals surface area contributed by atoms with Crippen molar-refractivity contribution in [3.05, 3.63) is 93.5 Å². The van der Waals surface area contributed by atoms with Gasteiger partial charge in [0.15, 0.2) is 11.5 Å². The van der Waals surface area contributed by atoms with Crippen molar-refractivity contribution in [2.24, 2.45) is 0 Å². The Morgan fingerprint density at radius 2 is 1.91 bits per heavy atom. The lowest BCUT2D eigenvalue weighted by Crippen LogP contribution is -2.16. The second kappa shape index (κ2) is 9.28. The zero-order chi connectivity index (χ0) is 22.7. The number of benzene rings is 2. The van der Waals surface area contributed by atoms with Gasteiger partial charge in [-0.15, -0.1) is 0 Å². The second-order valence-corrected chi connectivity index (χ2v) is 8.04. The number of nitrogens with zero attached hydrogens (tertiary/aromatic N) is 3. The summed E-state index contributed by atoms with van der Waals surface area (Å²) in [6, 6.07) is 15.2. The Bertz CT molecular complexity index is 1240. The van der Waals surface area contributed by atoms with Gasteiger partial charge in [-0.1, -0.05) is 46.6 Å². The molecule has 0 radical (unpaired) electrons. The van der Waals surface area contributed by atoms with E-state index >= 15 is 0 Å². The van der Waals surface area contributed by atoms with Crippen molar-refractivity contribution in [3.8, 4) is 5.75 Å². The lowest BCUT2D eigenvalue weighted by molar-refractivity contribution is 0.101. The fourth-order valence-corrected chi connectivity index (χ4v) is 3.45. The maximum atomic E-state index is 12.8. The smallest absolute Gasteiger partial charge is 0.279 e. The van der Waals surface area contributed by atoms with Crippen molar-refractivity contribution >= 4 is 23.3 Å². The summed E-state index contributed by atoms with van der Waals surface area (Å²) in [4.78, 5) is 12.8. The molecule has 4 aromatic rings. The first kappa shape index (κ1) is 21.6. The molecule has 0 fully saturated rings. The Morgan fingerprint density at radius 3 is 2.66 bits per heavy atom. The van der Waals surface area contributed by atoms with E-state index in [1.54, 1.807) is 23.9 Å².